The van der Waals surface area contributed by atoms with E-state index in [0.29, 0.717) is 6.54 Å². The highest BCUT2D eigenvalue weighted by atomic mass is 16.3. The number of hydrogen-bond acceptors (Lipinski definition) is 3. The quantitative estimate of drug-likeness (QED) is 0.876. The van der Waals surface area contributed by atoms with E-state index in [4.69, 9.17) is 0 Å². The third-order valence-corrected chi connectivity index (χ3v) is 3.45. The minimum Gasteiger partial charge on any atom is -0.387 e. The molecule has 0 saturated carbocycles. The van der Waals surface area contributed by atoms with Gasteiger partial charge in [-0.15, -0.1) is 0 Å². The molecule has 0 saturated heterocycles. The number of rotatable bonds is 6. The molecule has 2 aromatic rings. The van der Waals surface area contributed by atoms with Crippen molar-refractivity contribution in [3.63, 3.8) is 0 Å². The van der Waals surface area contributed by atoms with Gasteiger partial charge in [-0.3, -0.25) is 9.88 Å². The fourth-order valence-electron chi connectivity index (χ4n) is 2.16. The first-order valence-electron chi connectivity index (χ1n) is 7.06. The Morgan fingerprint density at radius 1 is 1.15 bits per heavy atom. The Hall–Kier alpha value is -1.71. The smallest absolute Gasteiger partial charge is 0.0917 e. The minimum absolute atomic E-state index is 0.459. The molecule has 1 N–H and O–H groups in total. The highest BCUT2D eigenvalue weighted by molar-refractivity contribution is 5.23. The first kappa shape index (κ1) is 14.7. The summed E-state index contributed by atoms with van der Waals surface area (Å²) in [4.78, 5) is 6.54. The van der Waals surface area contributed by atoms with Crippen LogP contribution in [0.4, 0.5) is 0 Å². The fraction of sp³-hybridized carbons (Fsp3) is 0.353. The van der Waals surface area contributed by atoms with E-state index in [2.05, 4.69) is 23.7 Å². The maximum absolute atomic E-state index is 10.3. The van der Waals surface area contributed by atoms with Crippen LogP contribution in [-0.4, -0.2) is 28.1 Å². The lowest BCUT2D eigenvalue weighted by atomic mass is 10.1. The molecule has 1 atom stereocenters. The van der Waals surface area contributed by atoms with Gasteiger partial charge in [0.15, 0.2) is 0 Å². The predicted octanol–water partition coefficient (Wildman–Crippen LogP) is 2.95. The molecule has 0 bridgehead atoms. The van der Waals surface area contributed by atoms with Crippen LogP contribution in [0.5, 0.6) is 0 Å². The molecule has 0 aliphatic carbocycles. The summed E-state index contributed by atoms with van der Waals surface area (Å²) in [6.45, 7) is 6.43. The van der Waals surface area contributed by atoms with E-state index in [0.717, 1.165) is 24.3 Å². The van der Waals surface area contributed by atoms with E-state index in [1.54, 1.807) is 6.20 Å². The second-order valence-corrected chi connectivity index (χ2v) is 5.08. The van der Waals surface area contributed by atoms with Crippen molar-refractivity contribution in [1.29, 1.82) is 0 Å². The van der Waals surface area contributed by atoms with Gasteiger partial charge < -0.3 is 5.11 Å². The van der Waals surface area contributed by atoms with Crippen molar-refractivity contribution in [1.82, 2.24) is 9.88 Å². The van der Waals surface area contributed by atoms with Gasteiger partial charge in [0.25, 0.3) is 0 Å². The Labute approximate surface area is 120 Å². The van der Waals surface area contributed by atoms with Gasteiger partial charge in [-0.1, -0.05) is 42.8 Å². The zero-order valence-electron chi connectivity index (χ0n) is 12.2. The number of aliphatic hydroxyl groups is 1. The normalized spacial score (nSPS) is 12.6. The summed E-state index contributed by atoms with van der Waals surface area (Å²) in [6.07, 6.45) is 1.35. The van der Waals surface area contributed by atoms with Crippen molar-refractivity contribution >= 4 is 0 Å². The second kappa shape index (κ2) is 7.17. The van der Waals surface area contributed by atoms with E-state index < -0.39 is 6.10 Å². The van der Waals surface area contributed by atoms with Crippen LogP contribution in [0, 0.1) is 6.92 Å². The summed E-state index contributed by atoms with van der Waals surface area (Å²) in [5.74, 6) is 0. The Morgan fingerprint density at radius 2 is 1.90 bits per heavy atom. The summed E-state index contributed by atoms with van der Waals surface area (Å²) in [5.41, 5.74) is 3.21. The molecular formula is C17H22N2O. The van der Waals surface area contributed by atoms with Crippen LogP contribution in [0.15, 0.2) is 48.7 Å². The number of aliphatic hydroxyl groups excluding tert-OH is 1. The largest absolute Gasteiger partial charge is 0.387 e. The van der Waals surface area contributed by atoms with Gasteiger partial charge in [-0.2, -0.15) is 0 Å². The molecule has 0 aliphatic heterocycles. The summed E-state index contributed by atoms with van der Waals surface area (Å²) < 4.78 is 0. The van der Waals surface area contributed by atoms with E-state index in [-0.39, 0.29) is 0 Å². The summed E-state index contributed by atoms with van der Waals surface area (Å²) in [7, 11) is 0. The number of benzene rings is 1. The molecule has 3 heteroatoms. The summed E-state index contributed by atoms with van der Waals surface area (Å²) >= 11 is 0. The number of hydrogen-bond donors (Lipinski definition) is 1. The predicted molar refractivity (Wildman–Crippen MR) is 81.3 cm³/mol. The Bertz CT molecular complexity index is 510. The van der Waals surface area contributed by atoms with E-state index >= 15 is 0 Å². The molecule has 20 heavy (non-hydrogen) atoms. The van der Waals surface area contributed by atoms with Crippen molar-refractivity contribution in [2.24, 2.45) is 0 Å². The van der Waals surface area contributed by atoms with Gasteiger partial charge in [0.1, 0.15) is 0 Å². The monoisotopic (exact) mass is 270 g/mol. The van der Waals surface area contributed by atoms with E-state index in [1.165, 1.54) is 5.56 Å². The maximum Gasteiger partial charge on any atom is 0.0917 e. The fourth-order valence-corrected chi connectivity index (χ4v) is 2.16. The van der Waals surface area contributed by atoms with Crippen LogP contribution < -0.4 is 0 Å². The van der Waals surface area contributed by atoms with Crippen LogP contribution in [-0.2, 0) is 6.54 Å². The zero-order valence-corrected chi connectivity index (χ0v) is 12.2. The average molecular weight is 270 g/mol. The number of pyridine rings is 1. The Morgan fingerprint density at radius 3 is 2.50 bits per heavy atom. The third kappa shape index (κ3) is 4.15. The molecule has 0 amide bonds. The molecule has 3 nitrogen and oxygen atoms in total. The number of aryl methyl sites for hydroxylation is 1. The second-order valence-electron chi connectivity index (χ2n) is 5.08. The molecule has 0 spiro atoms. The van der Waals surface area contributed by atoms with Gasteiger partial charge in [0.2, 0.25) is 0 Å². The molecule has 0 fully saturated rings. The van der Waals surface area contributed by atoms with Crippen LogP contribution >= 0.6 is 0 Å². The van der Waals surface area contributed by atoms with Crippen molar-refractivity contribution in [2.45, 2.75) is 26.5 Å². The first-order valence-corrected chi connectivity index (χ1v) is 7.06. The van der Waals surface area contributed by atoms with Gasteiger partial charge >= 0.3 is 0 Å². The van der Waals surface area contributed by atoms with Crippen molar-refractivity contribution in [3.05, 3.63) is 65.5 Å². The SMILES string of the molecule is CCN(Cc1ccccn1)CC(O)c1ccc(C)cc1. The van der Waals surface area contributed by atoms with Crippen LogP contribution in [0.2, 0.25) is 0 Å². The molecular weight excluding hydrogens is 248 g/mol. The van der Waals surface area contributed by atoms with Crippen molar-refractivity contribution < 1.29 is 5.11 Å². The highest BCUT2D eigenvalue weighted by Gasteiger charge is 2.13. The Balaban J connectivity index is 1.97. The average Bonchev–Trinajstić information content (AvgIpc) is 2.48. The lowest BCUT2D eigenvalue weighted by Crippen LogP contribution is -2.28. The minimum atomic E-state index is -0.459. The topological polar surface area (TPSA) is 36.4 Å². The molecule has 0 radical (unpaired) electrons. The third-order valence-electron chi connectivity index (χ3n) is 3.45. The zero-order chi connectivity index (χ0) is 14.4. The van der Waals surface area contributed by atoms with Crippen molar-refractivity contribution in [3.8, 4) is 0 Å². The summed E-state index contributed by atoms with van der Waals surface area (Å²) in [5, 5.41) is 10.3. The molecule has 2 rings (SSSR count). The molecule has 0 aliphatic rings. The van der Waals surface area contributed by atoms with Gasteiger partial charge in [0, 0.05) is 19.3 Å². The van der Waals surface area contributed by atoms with Crippen molar-refractivity contribution in [2.75, 3.05) is 13.1 Å². The number of nitrogens with zero attached hydrogens (tertiary/aromatic N) is 2. The lowest BCUT2D eigenvalue weighted by Gasteiger charge is -2.23. The maximum atomic E-state index is 10.3. The van der Waals surface area contributed by atoms with Crippen LogP contribution in [0.25, 0.3) is 0 Å². The van der Waals surface area contributed by atoms with Gasteiger partial charge in [-0.25, -0.2) is 0 Å². The molecule has 1 aromatic carbocycles. The molecule has 106 valence electrons. The Kier molecular flexibility index (Phi) is 5.27. The first-order chi connectivity index (χ1) is 9.69. The van der Waals surface area contributed by atoms with Crippen LogP contribution in [0.1, 0.15) is 29.8 Å². The molecule has 1 heterocycles. The number of likely N-dealkylation sites (N-methyl/N-ethyl adjacent to an activating group) is 1. The highest BCUT2D eigenvalue weighted by Crippen LogP contribution is 2.16. The van der Waals surface area contributed by atoms with Gasteiger partial charge in [-0.05, 0) is 31.2 Å². The van der Waals surface area contributed by atoms with E-state index in [1.807, 2.05) is 42.5 Å². The molecule has 1 unspecified atom stereocenters. The lowest BCUT2D eigenvalue weighted by molar-refractivity contribution is 0.111. The summed E-state index contributed by atoms with van der Waals surface area (Å²) in [6, 6.07) is 14.0. The standard InChI is InChI=1S/C17H22N2O/c1-3-19(12-16-6-4-5-11-18-16)13-17(20)15-9-7-14(2)8-10-15/h4-11,17,20H,3,12-13H2,1-2H3. The number of aromatic nitrogens is 1. The van der Waals surface area contributed by atoms with E-state index in [9.17, 15) is 5.11 Å². The van der Waals surface area contributed by atoms with Gasteiger partial charge in [0.05, 0.1) is 11.8 Å². The van der Waals surface area contributed by atoms with Crippen LogP contribution in [0.3, 0.4) is 0 Å². The molecule has 1 aromatic heterocycles.